The smallest absolute Gasteiger partial charge is 0.271 e. The second-order valence-corrected chi connectivity index (χ2v) is 7.37. The van der Waals surface area contributed by atoms with Gasteiger partial charge in [-0.2, -0.15) is 0 Å². The number of halogens is 1. The van der Waals surface area contributed by atoms with E-state index in [0.29, 0.717) is 0 Å². The normalized spacial score (nSPS) is 11.4. The van der Waals surface area contributed by atoms with E-state index in [1.165, 1.54) is 13.2 Å². The highest BCUT2D eigenvalue weighted by Gasteiger charge is 2.20. The van der Waals surface area contributed by atoms with Crippen LogP contribution in [0.2, 0.25) is 0 Å². The van der Waals surface area contributed by atoms with Gasteiger partial charge in [0.2, 0.25) is 0 Å². The highest BCUT2D eigenvalue weighted by molar-refractivity contribution is 7.94. The zero-order valence-corrected chi connectivity index (χ0v) is 13.1. The summed E-state index contributed by atoms with van der Waals surface area (Å²) in [5, 5.41) is 0. The lowest BCUT2D eigenvalue weighted by Crippen LogP contribution is -2.12. The number of rotatable bonds is 5. The average Bonchev–Trinajstić information content (AvgIpc) is 2.82. The van der Waals surface area contributed by atoms with Crippen molar-refractivity contribution in [1.29, 1.82) is 0 Å². The molecule has 3 N–H and O–H groups in total. The molecule has 1 aromatic carbocycles. The van der Waals surface area contributed by atoms with Crippen molar-refractivity contribution in [3.05, 3.63) is 40.5 Å². The average molecular weight is 330 g/mol. The van der Waals surface area contributed by atoms with E-state index in [1.807, 2.05) is 0 Å². The molecular formula is C13H15FN2O3S2. The van der Waals surface area contributed by atoms with Gasteiger partial charge in [-0.25, -0.2) is 12.8 Å². The highest BCUT2D eigenvalue weighted by Crippen LogP contribution is 2.31. The first-order valence-electron chi connectivity index (χ1n) is 6.03. The fourth-order valence-corrected chi connectivity index (χ4v) is 4.31. The molecule has 0 saturated carbocycles. The highest BCUT2D eigenvalue weighted by atomic mass is 32.2. The van der Waals surface area contributed by atoms with Crippen LogP contribution < -0.4 is 15.2 Å². The summed E-state index contributed by atoms with van der Waals surface area (Å²) < 4.78 is 45.3. The Kier molecular flexibility index (Phi) is 4.50. The number of thiophene rings is 1. The number of anilines is 1. The van der Waals surface area contributed by atoms with Gasteiger partial charge in [0.05, 0.1) is 12.8 Å². The molecule has 0 saturated heterocycles. The third kappa shape index (κ3) is 3.34. The zero-order valence-electron chi connectivity index (χ0n) is 11.5. The Morgan fingerprint density at radius 1 is 1.38 bits per heavy atom. The van der Waals surface area contributed by atoms with Crippen molar-refractivity contribution in [2.24, 2.45) is 5.73 Å². The van der Waals surface area contributed by atoms with E-state index in [9.17, 15) is 12.8 Å². The van der Waals surface area contributed by atoms with Gasteiger partial charge < -0.3 is 10.5 Å². The summed E-state index contributed by atoms with van der Waals surface area (Å²) in [6, 6.07) is 5.15. The van der Waals surface area contributed by atoms with E-state index in [4.69, 9.17) is 10.5 Å². The maximum Gasteiger partial charge on any atom is 0.271 e. The summed E-state index contributed by atoms with van der Waals surface area (Å²) in [5.41, 5.74) is 6.56. The molecule has 8 heteroatoms. The van der Waals surface area contributed by atoms with Crippen molar-refractivity contribution in [3.63, 3.8) is 0 Å². The third-order valence-corrected chi connectivity index (χ3v) is 5.95. The maximum atomic E-state index is 13.1. The van der Waals surface area contributed by atoms with Crippen LogP contribution in [0.4, 0.5) is 10.1 Å². The SMILES string of the molecule is COc1cc(F)ccc1NS(=O)(=O)c1cc(C)c(CN)s1. The minimum atomic E-state index is -3.76. The molecule has 21 heavy (non-hydrogen) atoms. The van der Waals surface area contributed by atoms with Gasteiger partial charge in [0.25, 0.3) is 10.0 Å². The predicted octanol–water partition coefficient (Wildman–Crippen LogP) is 2.46. The number of sulfonamides is 1. The number of aryl methyl sites for hydroxylation is 1. The van der Waals surface area contributed by atoms with Gasteiger partial charge in [0.15, 0.2) is 0 Å². The Bertz CT molecular complexity index is 757. The number of hydrogen-bond acceptors (Lipinski definition) is 5. The lowest BCUT2D eigenvalue weighted by atomic mass is 10.3. The molecule has 0 amide bonds. The minimum absolute atomic E-state index is 0.117. The molecule has 2 aromatic rings. The predicted molar refractivity (Wildman–Crippen MR) is 80.7 cm³/mol. The van der Waals surface area contributed by atoms with Gasteiger partial charge in [0, 0.05) is 17.5 Å². The maximum absolute atomic E-state index is 13.1. The van der Waals surface area contributed by atoms with Crippen molar-refractivity contribution < 1.29 is 17.5 Å². The fraction of sp³-hybridized carbons (Fsp3) is 0.231. The van der Waals surface area contributed by atoms with Crippen molar-refractivity contribution in [2.75, 3.05) is 11.8 Å². The van der Waals surface area contributed by atoms with Crippen LogP contribution >= 0.6 is 11.3 Å². The number of hydrogen-bond donors (Lipinski definition) is 2. The number of ether oxygens (including phenoxy) is 1. The van der Waals surface area contributed by atoms with E-state index in [0.717, 1.165) is 33.9 Å². The second-order valence-electron chi connectivity index (χ2n) is 4.33. The van der Waals surface area contributed by atoms with Crippen LogP contribution in [0.3, 0.4) is 0 Å². The second kappa shape index (κ2) is 6.00. The topological polar surface area (TPSA) is 81.4 Å². The molecule has 2 rings (SSSR count). The molecule has 114 valence electrons. The van der Waals surface area contributed by atoms with Crippen LogP contribution in [0.25, 0.3) is 0 Å². The first kappa shape index (κ1) is 15.7. The van der Waals surface area contributed by atoms with Crippen molar-refractivity contribution in [2.45, 2.75) is 17.7 Å². The first-order chi connectivity index (χ1) is 9.87. The van der Waals surface area contributed by atoms with Gasteiger partial charge in [0.1, 0.15) is 15.8 Å². The molecule has 0 spiro atoms. The van der Waals surface area contributed by atoms with Crippen LogP contribution in [0.1, 0.15) is 10.4 Å². The first-order valence-corrected chi connectivity index (χ1v) is 8.33. The van der Waals surface area contributed by atoms with Gasteiger partial charge in [-0.05, 0) is 30.7 Å². The quantitative estimate of drug-likeness (QED) is 0.882. The number of nitrogens with one attached hydrogen (secondary N) is 1. The number of benzene rings is 1. The Labute approximate surface area is 126 Å². The molecule has 0 radical (unpaired) electrons. The molecule has 0 atom stereocenters. The van der Waals surface area contributed by atoms with Crippen molar-refractivity contribution in [3.8, 4) is 5.75 Å². The van der Waals surface area contributed by atoms with Crippen LogP contribution in [0.15, 0.2) is 28.5 Å². The summed E-state index contributed by atoms with van der Waals surface area (Å²) in [6.45, 7) is 2.09. The van der Waals surface area contributed by atoms with Gasteiger partial charge in [-0.1, -0.05) is 0 Å². The molecular weight excluding hydrogens is 315 g/mol. The molecule has 0 aliphatic heterocycles. The lowest BCUT2D eigenvalue weighted by molar-refractivity contribution is 0.413. The number of nitrogens with two attached hydrogens (primary N) is 1. The molecule has 1 heterocycles. The Balaban J connectivity index is 2.37. The molecule has 0 unspecified atom stereocenters. The Morgan fingerprint density at radius 2 is 2.10 bits per heavy atom. The van der Waals surface area contributed by atoms with E-state index in [-0.39, 0.29) is 22.2 Å². The van der Waals surface area contributed by atoms with Crippen LogP contribution in [-0.4, -0.2) is 15.5 Å². The summed E-state index contributed by atoms with van der Waals surface area (Å²) in [5.74, 6) is -0.391. The van der Waals surface area contributed by atoms with Gasteiger partial charge in [-0.3, -0.25) is 4.72 Å². The van der Waals surface area contributed by atoms with Crippen LogP contribution in [0.5, 0.6) is 5.75 Å². The molecule has 0 fully saturated rings. The molecule has 0 aliphatic rings. The van der Waals surface area contributed by atoms with Crippen LogP contribution in [-0.2, 0) is 16.6 Å². The summed E-state index contributed by atoms with van der Waals surface area (Å²) >= 11 is 1.11. The molecule has 5 nitrogen and oxygen atoms in total. The Morgan fingerprint density at radius 3 is 2.67 bits per heavy atom. The van der Waals surface area contributed by atoms with Crippen molar-refractivity contribution in [1.82, 2.24) is 0 Å². The largest absolute Gasteiger partial charge is 0.494 e. The summed E-state index contributed by atoms with van der Waals surface area (Å²) in [4.78, 5) is 0.807. The van der Waals surface area contributed by atoms with E-state index < -0.39 is 15.8 Å². The molecule has 0 aliphatic carbocycles. The number of methoxy groups -OCH3 is 1. The van der Waals surface area contributed by atoms with E-state index in [2.05, 4.69) is 4.72 Å². The lowest BCUT2D eigenvalue weighted by Gasteiger charge is -2.10. The summed E-state index contributed by atoms with van der Waals surface area (Å²) in [6.07, 6.45) is 0. The van der Waals surface area contributed by atoms with E-state index >= 15 is 0 Å². The monoisotopic (exact) mass is 330 g/mol. The zero-order chi connectivity index (χ0) is 15.6. The van der Waals surface area contributed by atoms with Gasteiger partial charge in [-0.15, -0.1) is 11.3 Å². The molecule has 0 bridgehead atoms. The summed E-state index contributed by atoms with van der Waals surface area (Å²) in [7, 11) is -2.42. The standard InChI is InChI=1S/C13H15FN2O3S2/c1-8-5-13(20-12(8)7-15)21(17,18)16-10-4-3-9(14)6-11(10)19-2/h3-6,16H,7,15H2,1-2H3. The Hall–Kier alpha value is -1.64. The fourth-order valence-electron chi connectivity index (χ4n) is 1.77. The van der Waals surface area contributed by atoms with E-state index in [1.54, 1.807) is 13.0 Å². The van der Waals surface area contributed by atoms with Crippen molar-refractivity contribution >= 4 is 27.0 Å². The van der Waals surface area contributed by atoms with Gasteiger partial charge >= 0.3 is 0 Å². The van der Waals surface area contributed by atoms with Crippen LogP contribution in [0, 0.1) is 12.7 Å². The third-order valence-electron chi connectivity index (χ3n) is 2.86. The molecule has 1 aromatic heterocycles. The minimum Gasteiger partial charge on any atom is -0.494 e.